The molecule has 24 heavy (non-hydrogen) atoms. The van der Waals surface area contributed by atoms with E-state index >= 15 is 0 Å². The molecule has 6 nitrogen and oxygen atoms in total. The smallest absolute Gasteiger partial charge is 0.227 e. The Bertz CT molecular complexity index is 649. The molecule has 0 saturated carbocycles. The summed E-state index contributed by atoms with van der Waals surface area (Å²) in [4.78, 5) is 18.8. The molecule has 1 fully saturated rings. The van der Waals surface area contributed by atoms with Crippen molar-refractivity contribution < 1.29 is 4.79 Å². The van der Waals surface area contributed by atoms with Gasteiger partial charge in [-0.2, -0.15) is 5.10 Å². The van der Waals surface area contributed by atoms with E-state index in [1.165, 1.54) is 0 Å². The first kappa shape index (κ1) is 20.4. The molecular weight excluding hydrogens is 349 g/mol. The maximum absolute atomic E-state index is 12.8. The van der Waals surface area contributed by atoms with Gasteiger partial charge in [-0.05, 0) is 17.7 Å². The van der Waals surface area contributed by atoms with E-state index in [0.717, 1.165) is 17.8 Å². The highest BCUT2D eigenvalue weighted by atomic mass is 35.5. The lowest BCUT2D eigenvalue weighted by Gasteiger charge is -2.23. The van der Waals surface area contributed by atoms with Gasteiger partial charge in [0.15, 0.2) is 0 Å². The van der Waals surface area contributed by atoms with Gasteiger partial charge < -0.3 is 10.2 Å². The monoisotopic (exact) mass is 371 g/mol. The fourth-order valence-corrected chi connectivity index (χ4v) is 3.02. The average molecular weight is 372 g/mol. The van der Waals surface area contributed by atoms with E-state index in [0.29, 0.717) is 13.1 Å². The van der Waals surface area contributed by atoms with Gasteiger partial charge >= 0.3 is 0 Å². The molecule has 3 rings (SSSR count). The minimum atomic E-state index is -0.0436. The summed E-state index contributed by atoms with van der Waals surface area (Å²) in [6.07, 6.45) is 5.61. The zero-order chi connectivity index (χ0) is 15.5. The van der Waals surface area contributed by atoms with Gasteiger partial charge in [0.05, 0.1) is 24.4 Å². The molecule has 3 heterocycles. The van der Waals surface area contributed by atoms with E-state index < -0.39 is 0 Å². The molecule has 0 aromatic carbocycles. The van der Waals surface area contributed by atoms with E-state index in [2.05, 4.69) is 15.4 Å². The Labute approximate surface area is 154 Å². The van der Waals surface area contributed by atoms with Gasteiger partial charge in [0.25, 0.3) is 0 Å². The minimum Gasteiger partial charge on any atom is -0.340 e. The summed E-state index contributed by atoms with van der Waals surface area (Å²) < 4.78 is 1.78. The van der Waals surface area contributed by atoms with E-state index in [9.17, 15) is 4.79 Å². The molecule has 2 atom stereocenters. The molecule has 0 spiro atoms. The van der Waals surface area contributed by atoms with Gasteiger partial charge in [-0.15, -0.1) is 24.8 Å². The number of hydrogen-bond donors (Lipinski definition) is 1. The van der Waals surface area contributed by atoms with E-state index in [4.69, 9.17) is 0 Å². The maximum atomic E-state index is 12.8. The average Bonchev–Trinajstić information content (AvgIpc) is 3.15. The van der Waals surface area contributed by atoms with Gasteiger partial charge in [-0.1, -0.05) is 6.07 Å². The maximum Gasteiger partial charge on any atom is 0.227 e. The highest BCUT2D eigenvalue weighted by Gasteiger charge is 2.36. The Kier molecular flexibility index (Phi) is 7.66. The third kappa shape index (κ3) is 4.47. The van der Waals surface area contributed by atoms with Crippen molar-refractivity contribution in [3.05, 3.63) is 48.0 Å². The van der Waals surface area contributed by atoms with Crippen LogP contribution in [0.2, 0.25) is 0 Å². The van der Waals surface area contributed by atoms with Crippen molar-refractivity contribution in [1.82, 2.24) is 25.0 Å². The predicted octanol–water partition coefficient (Wildman–Crippen LogP) is 1.62. The second-order valence-corrected chi connectivity index (χ2v) is 5.83. The van der Waals surface area contributed by atoms with Crippen LogP contribution in [0.1, 0.15) is 17.2 Å². The number of aryl methyl sites for hydroxylation is 1. The first-order valence-corrected chi connectivity index (χ1v) is 7.49. The summed E-state index contributed by atoms with van der Waals surface area (Å²) in [7, 11) is 3.74. The molecule has 1 aliphatic heterocycles. The van der Waals surface area contributed by atoms with Crippen molar-refractivity contribution in [1.29, 1.82) is 0 Å². The van der Waals surface area contributed by atoms with E-state index in [-0.39, 0.29) is 42.6 Å². The van der Waals surface area contributed by atoms with Crippen LogP contribution < -0.4 is 5.32 Å². The largest absolute Gasteiger partial charge is 0.340 e. The Hall–Kier alpha value is -1.63. The van der Waals surface area contributed by atoms with Gasteiger partial charge in [0.1, 0.15) is 0 Å². The fourth-order valence-electron chi connectivity index (χ4n) is 3.02. The molecule has 2 aromatic rings. The van der Waals surface area contributed by atoms with Crippen LogP contribution in [0.5, 0.6) is 0 Å². The van der Waals surface area contributed by atoms with Crippen LogP contribution >= 0.6 is 24.8 Å². The summed E-state index contributed by atoms with van der Waals surface area (Å²) in [5, 5.41) is 7.55. The molecule has 1 aliphatic rings. The molecule has 8 heteroatoms. The van der Waals surface area contributed by atoms with Crippen molar-refractivity contribution in [3.63, 3.8) is 0 Å². The highest BCUT2D eigenvalue weighted by Crippen LogP contribution is 2.29. The van der Waals surface area contributed by atoms with Crippen LogP contribution in [0.4, 0.5) is 0 Å². The van der Waals surface area contributed by atoms with Crippen molar-refractivity contribution in [2.45, 2.75) is 12.5 Å². The molecule has 0 unspecified atom stereocenters. The molecule has 1 saturated heterocycles. The van der Waals surface area contributed by atoms with Gasteiger partial charge in [-0.25, -0.2) is 0 Å². The van der Waals surface area contributed by atoms with Crippen molar-refractivity contribution in [2.24, 2.45) is 13.0 Å². The lowest BCUT2D eigenvalue weighted by molar-refractivity contribution is -0.134. The molecule has 1 amide bonds. The SMILES string of the molecule is CN(Cc1ccccn1)C(=O)[C@H]1CNC[C@@H]1c1cnn(C)c1.Cl.Cl. The lowest BCUT2D eigenvalue weighted by atomic mass is 9.90. The normalized spacial score (nSPS) is 19.2. The molecule has 132 valence electrons. The van der Waals surface area contributed by atoms with Gasteiger partial charge in [-0.3, -0.25) is 14.5 Å². The topological polar surface area (TPSA) is 63.1 Å². The second-order valence-electron chi connectivity index (χ2n) is 5.83. The Morgan fingerprint density at radius 1 is 1.38 bits per heavy atom. The first-order valence-electron chi connectivity index (χ1n) is 7.49. The molecule has 0 radical (unpaired) electrons. The van der Waals surface area contributed by atoms with Crippen LogP contribution in [0, 0.1) is 5.92 Å². The van der Waals surface area contributed by atoms with Crippen LogP contribution in [0.15, 0.2) is 36.8 Å². The van der Waals surface area contributed by atoms with Gasteiger partial charge in [0.2, 0.25) is 5.91 Å². The molecule has 0 bridgehead atoms. The minimum absolute atomic E-state index is 0. The molecular formula is C16H23Cl2N5O. The third-order valence-corrected chi connectivity index (χ3v) is 4.19. The molecule has 2 aromatic heterocycles. The number of halogens is 2. The summed E-state index contributed by atoms with van der Waals surface area (Å²) in [6.45, 7) is 2.07. The second kappa shape index (κ2) is 9.01. The van der Waals surface area contributed by atoms with E-state index in [1.807, 2.05) is 44.7 Å². The molecule has 1 N–H and O–H groups in total. The van der Waals surface area contributed by atoms with Crippen molar-refractivity contribution in [2.75, 3.05) is 20.1 Å². The summed E-state index contributed by atoms with van der Waals surface area (Å²) >= 11 is 0. The Morgan fingerprint density at radius 3 is 2.79 bits per heavy atom. The standard InChI is InChI=1S/C16H21N5O.2ClH/c1-20(11-13-5-3-4-6-18-13)16(22)15-9-17-8-14(15)12-7-19-21(2)10-12;;/h3-7,10,14-15,17H,8-9,11H2,1-2H3;2*1H/t14-,15+;;/m1../s1. The number of nitrogens with one attached hydrogen (secondary N) is 1. The third-order valence-electron chi connectivity index (χ3n) is 4.19. The lowest BCUT2D eigenvalue weighted by Crippen LogP contribution is -2.35. The van der Waals surface area contributed by atoms with Crippen LogP contribution in [0.3, 0.4) is 0 Å². The number of nitrogens with zero attached hydrogens (tertiary/aromatic N) is 4. The summed E-state index contributed by atoms with van der Waals surface area (Å²) in [5.74, 6) is 0.301. The number of aromatic nitrogens is 3. The van der Waals surface area contributed by atoms with E-state index in [1.54, 1.807) is 15.8 Å². The Balaban J connectivity index is 0.00000144. The summed E-state index contributed by atoms with van der Waals surface area (Å²) in [6, 6.07) is 5.76. The quantitative estimate of drug-likeness (QED) is 0.886. The van der Waals surface area contributed by atoms with Crippen LogP contribution in [-0.4, -0.2) is 45.7 Å². The van der Waals surface area contributed by atoms with Crippen molar-refractivity contribution >= 4 is 30.7 Å². The number of hydrogen-bond acceptors (Lipinski definition) is 4. The molecule has 0 aliphatic carbocycles. The van der Waals surface area contributed by atoms with Crippen molar-refractivity contribution in [3.8, 4) is 0 Å². The van der Waals surface area contributed by atoms with Crippen LogP contribution in [-0.2, 0) is 18.4 Å². The number of pyridine rings is 1. The number of carbonyl (C=O) groups excluding carboxylic acids is 1. The van der Waals surface area contributed by atoms with Crippen LogP contribution in [0.25, 0.3) is 0 Å². The first-order chi connectivity index (χ1) is 10.6. The number of rotatable bonds is 4. The predicted molar refractivity (Wildman–Crippen MR) is 97.5 cm³/mol. The fraction of sp³-hybridized carbons (Fsp3) is 0.438. The summed E-state index contributed by atoms with van der Waals surface area (Å²) in [5.41, 5.74) is 2.03. The zero-order valence-electron chi connectivity index (χ0n) is 13.8. The number of carbonyl (C=O) groups is 1. The highest BCUT2D eigenvalue weighted by molar-refractivity contribution is 5.85. The number of amides is 1. The van der Waals surface area contributed by atoms with Gasteiger partial charge in [0, 0.05) is 45.5 Å². The zero-order valence-corrected chi connectivity index (χ0v) is 15.4. The Morgan fingerprint density at radius 2 is 2.17 bits per heavy atom.